The van der Waals surface area contributed by atoms with Gasteiger partial charge in [0.15, 0.2) is 12.2 Å². The maximum absolute atomic E-state index is 13.3. The highest BCUT2D eigenvalue weighted by Crippen LogP contribution is 2.38. The Bertz CT molecular complexity index is 1370. The van der Waals surface area contributed by atoms with Crippen molar-refractivity contribution in [2.24, 2.45) is 0 Å². The average Bonchev–Trinajstić information content (AvgIpc) is 3.35. The van der Waals surface area contributed by atoms with E-state index in [1.165, 1.54) is 32.9 Å². The Hall–Kier alpha value is -3.60. The smallest absolute Gasteiger partial charge is 0.303 e. The van der Waals surface area contributed by atoms with Gasteiger partial charge in [-0.1, -0.05) is 30.3 Å². The van der Waals surface area contributed by atoms with E-state index >= 15 is 0 Å². The van der Waals surface area contributed by atoms with Gasteiger partial charge in [0.1, 0.15) is 30.7 Å². The van der Waals surface area contributed by atoms with Gasteiger partial charge in [0.2, 0.25) is 0 Å². The van der Waals surface area contributed by atoms with Crippen molar-refractivity contribution in [1.29, 1.82) is 0 Å². The van der Waals surface area contributed by atoms with Gasteiger partial charge in [-0.3, -0.25) is 14.4 Å². The fourth-order valence-electron chi connectivity index (χ4n) is 4.67. The number of hydrogen-bond acceptors (Lipinski definition) is 9. The van der Waals surface area contributed by atoms with Gasteiger partial charge in [0.05, 0.1) is 0 Å². The molecule has 1 N–H and O–H groups in total. The third kappa shape index (κ3) is 7.12. The zero-order valence-electron chi connectivity index (χ0n) is 22.6. The first-order chi connectivity index (χ1) is 19.0. The van der Waals surface area contributed by atoms with E-state index in [4.69, 9.17) is 18.9 Å². The second kappa shape index (κ2) is 12.7. The summed E-state index contributed by atoms with van der Waals surface area (Å²) in [4.78, 5) is 37.5. The first kappa shape index (κ1) is 29.4. The number of thiophene rings is 1. The Morgan fingerprint density at radius 2 is 1.60 bits per heavy atom. The summed E-state index contributed by atoms with van der Waals surface area (Å²) in [5.74, 6) is -2.16. The number of benzene rings is 2. The molecule has 0 spiro atoms. The number of halogens is 1. The van der Waals surface area contributed by atoms with Gasteiger partial charge in [-0.15, -0.1) is 11.3 Å². The minimum Gasteiger partial charge on any atom is -0.463 e. The molecule has 0 radical (unpaired) electrons. The molecule has 2 aromatic carbocycles. The molecule has 0 saturated carbocycles. The van der Waals surface area contributed by atoms with Crippen molar-refractivity contribution in [1.82, 2.24) is 0 Å². The quantitative estimate of drug-likeness (QED) is 0.307. The summed E-state index contributed by atoms with van der Waals surface area (Å²) in [5, 5.41) is 10.9. The van der Waals surface area contributed by atoms with Crippen LogP contribution in [-0.2, 0) is 39.8 Å². The van der Waals surface area contributed by atoms with Gasteiger partial charge in [0.25, 0.3) is 0 Å². The highest BCUT2D eigenvalue weighted by molar-refractivity contribution is 7.15. The summed E-state index contributed by atoms with van der Waals surface area (Å²) in [6, 6.07) is 16.0. The number of hydrogen-bond donors (Lipinski definition) is 1. The Morgan fingerprint density at radius 3 is 2.25 bits per heavy atom. The monoisotopic (exact) mass is 570 g/mol. The molecule has 4 rings (SSSR count). The lowest BCUT2D eigenvalue weighted by atomic mass is 9.89. The molecule has 10 heteroatoms. The van der Waals surface area contributed by atoms with Crippen LogP contribution in [0.15, 0.2) is 54.6 Å². The summed E-state index contributed by atoms with van der Waals surface area (Å²) in [6.07, 6.45) is -5.17. The Kier molecular flexibility index (Phi) is 9.34. The lowest BCUT2D eigenvalue weighted by Gasteiger charge is -2.43. The number of carbonyl (C=O) groups is 3. The molecule has 0 unspecified atom stereocenters. The van der Waals surface area contributed by atoms with Crippen molar-refractivity contribution < 1.29 is 42.8 Å². The largest absolute Gasteiger partial charge is 0.463 e. The van der Waals surface area contributed by atoms with Crippen LogP contribution in [0.25, 0.3) is 10.4 Å². The molecule has 1 aliphatic rings. The van der Waals surface area contributed by atoms with Crippen LogP contribution in [0.5, 0.6) is 0 Å². The lowest BCUT2D eigenvalue weighted by Crippen LogP contribution is -2.58. The third-order valence-electron chi connectivity index (χ3n) is 6.57. The predicted molar refractivity (Wildman–Crippen MR) is 145 cm³/mol. The van der Waals surface area contributed by atoms with E-state index in [9.17, 15) is 23.9 Å². The summed E-state index contributed by atoms with van der Waals surface area (Å²) in [7, 11) is 0. The van der Waals surface area contributed by atoms with Gasteiger partial charge in [-0.25, -0.2) is 4.39 Å². The molecule has 1 aliphatic heterocycles. The van der Waals surface area contributed by atoms with Crippen LogP contribution in [-0.4, -0.2) is 54.0 Å². The molecule has 1 aromatic heterocycles. The van der Waals surface area contributed by atoms with Crippen molar-refractivity contribution in [3.63, 3.8) is 0 Å². The number of ether oxygens (including phenoxy) is 4. The van der Waals surface area contributed by atoms with Crippen LogP contribution in [0.1, 0.15) is 48.4 Å². The fraction of sp³-hybridized carbons (Fsp3) is 0.367. The standard InChI is InChI=1S/C30H31FO8S/c1-16-5-6-21(13-22(16)14-24-11-12-26(40-24)20-7-9-23(31)10-8-20)28-30(38-19(4)34)29(37-18(3)33)27(35)25(39-28)15-36-17(2)32/h5-13,25,27-30,35H,14-15H2,1-4H3/t25-,27-,28+,29+,30+/m1/s1. The number of aryl methyl sites for hydroxylation is 1. The molecule has 1 saturated heterocycles. The maximum atomic E-state index is 13.3. The molecule has 2 heterocycles. The van der Waals surface area contributed by atoms with Gasteiger partial charge < -0.3 is 24.1 Å². The Balaban J connectivity index is 1.65. The van der Waals surface area contributed by atoms with E-state index < -0.39 is 48.4 Å². The zero-order valence-corrected chi connectivity index (χ0v) is 23.4. The molecule has 0 bridgehead atoms. The second-order valence-corrected chi connectivity index (χ2v) is 10.8. The Labute approximate surface area is 235 Å². The van der Waals surface area contributed by atoms with Crippen molar-refractivity contribution in [3.05, 3.63) is 82.0 Å². The molecule has 0 aliphatic carbocycles. The van der Waals surface area contributed by atoms with Gasteiger partial charge in [-0.2, -0.15) is 0 Å². The minimum absolute atomic E-state index is 0.280. The molecule has 40 heavy (non-hydrogen) atoms. The van der Waals surface area contributed by atoms with Crippen molar-refractivity contribution in [2.75, 3.05) is 6.61 Å². The number of aliphatic hydroxyl groups excluding tert-OH is 1. The molecular weight excluding hydrogens is 539 g/mol. The predicted octanol–water partition coefficient (Wildman–Crippen LogP) is 4.68. The maximum Gasteiger partial charge on any atom is 0.303 e. The lowest BCUT2D eigenvalue weighted by molar-refractivity contribution is -0.249. The number of rotatable bonds is 8. The second-order valence-electron chi connectivity index (χ2n) is 9.67. The normalized spacial score (nSPS) is 22.4. The van der Waals surface area contributed by atoms with E-state index in [1.54, 1.807) is 23.5 Å². The summed E-state index contributed by atoms with van der Waals surface area (Å²) in [5.41, 5.74) is 3.58. The summed E-state index contributed by atoms with van der Waals surface area (Å²) in [6.45, 7) is 5.34. The van der Waals surface area contributed by atoms with Crippen molar-refractivity contribution in [2.45, 2.75) is 64.6 Å². The first-order valence-electron chi connectivity index (χ1n) is 12.8. The highest BCUT2D eigenvalue weighted by Gasteiger charge is 2.50. The molecule has 1 fully saturated rings. The molecule has 5 atom stereocenters. The topological polar surface area (TPSA) is 108 Å². The van der Waals surface area contributed by atoms with E-state index in [-0.39, 0.29) is 12.4 Å². The summed E-state index contributed by atoms with van der Waals surface area (Å²) >= 11 is 1.60. The first-order valence-corrected chi connectivity index (χ1v) is 13.6. The highest BCUT2D eigenvalue weighted by atomic mass is 32.1. The van der Waals surface area contributed by atoms with Crippen LogP contribution < -0.4 is 0 Å². The van der Waals surface area contributed by atoms with Crippen molar-refractivity contribution >= 4 is 29.2 Å². The molecule has 8 nitrogen and oxygen atoms in total. The van der Waals surface area contributed by atoms with Crippen LogP contribution in [0.2, 0.25) is 0 Å². The third-order valence-corrected chi connectivity index (χ3v) is 7.71. The van der Waals surface area contributed by atoms with E-state index in [0.29, 0.717) is 12.0 Å². The van der Waals surface area contributed by atoms with Crippen LogP contribution in [0.3, 0.4) is 0 Å². The van der Waals surface area contributed by atoms with Gasteiger partial charge in [0, 0.05) is 36.9 Å². The van der Waals surface area contributed by atoms with Gasteiger partial charge >= 0.3 is 17.9 Å². The zero-order chi connectivity index (χ0) is 29.0. The van der Waals surface area contributed by atoms with Gasteiger partial charge in [-0.05, 0) is 53.4 Å². The number of carbonyl (C=O) groups excluding carboxylic acids is 3. The molecular formula is C30H31FO8S. The minimum atomic E-state index is -1.41. The van der Waals surface area contributed by atoms with E-state index in [0.717, 1.165) is 26.4 Å². The van der Waals surface area contributed by atoms with Crippen LogP contribution >= 0.6 is 11.3 Å². The van der Waals surface area contributed by atoms with E-state index in [2.05, 4.69) is 0 Å². The number of esters is 3. The average molecular weight is 571 g/mol. The van der Waals surface area contributed by atoms with Crippen LogP contribution in [0, 0.1) is 12.7 Å². The Morgan fingerprint density at radius 1 is 0.925 bits per heavy atom. The van der Waals surface area contributed by atoms with E-state index in [1.807, 2.05) is 37.3 Å². The van der Waals surface area contributed by atoms with Crippen LogP contribution in [0.4, 0.5) is 4.39 Å². The SMILES string of the molecule is CC(=O)OC[C@H]1O[C@@H](c2ccc(C)c(Cc3ccc(-c4ccc(F)cc4)s3)c2)[C@H](OC(C)=O)[C@@H](OC(C)=O)[C@@H]1O. The number of aliphatic hydroxyl groups is 1. The fourth-order valence-corrected chi connectivity index (χ4v) is 5.70. The molecule has 3 aromatic rings. The summed E-state index contributed by atoms with van der Waals surface area (Å²) < 4.78 is 35.5. The van der Waals surface area contributed by atoms with Crippen molar-refractivity contribution in [3.8, 4) is 10.4 Å². The molecule has 212 valence electrons. The molecule has 0 amide bonds.